The quantitative estimate of drug-likeness (QED) is 0.489. The van der Waals surface area contributed by atoms with Gasteiger partial charge in [-0.15, -0.1) is 0 Å². The van der Waals surface area contributed by atoms with Crippen molar-refractivity contribution < 1.29 is 24.2 Å². The van der Waals surface area contributed by atoms with Crippen LogP contribution < -0.4 is 0 Å². The Morgan fingerprint density at radius 3 is 2.40 bits per heavy atom. The normalized spacial score (nSPS) is 10.2. The van der Waals surface area contributed by atoms with E-state index in [4.69, 9.17) is 14.6 Å². The highest BCUT2D eigenvalue weighted by molar-refractivity contribution is 5.87. The van der Waals surface area contributed by atoms with E-state index in [0.717, 1.165) is 5.56 Å². The number of carbonyl (C=O) groups excluding carboxylic acids is 2. The van der Waals surface area contributed by atoms with Gasteiger partial charge in [0.2, 0.25) is 0 Å². The Morgan fingerprint density at radius 1 is 1.20 bits per heavy atom. The molecular weight excluding hydrogens is 260 g/mol. The molecule has 1 N–H and O–H groups in total. The molecule has 0 aliphatic heterocycles. The van der Waals surface area contributed by atoms with Gasteiger partial charge in [0.25, 0.3) is 0 Å². The summed E-state index contributed by atoms with van der Waals surface area (Å²) in [6, 6.07) is 6.35. The largest absolute Gasteiger partial charge is 0.508 e. The molecule has 0 aliphatic carbocycles. The van der Waals surface area contributed by atoms with Crippen LogP contribution in [0.2, 0.25) is 0 Å². The van der Waals surface area contributed by atoms with Gasteiger partial charge in [0.05, 0.1) is 0 Å². The van der Waals surface area contributed by atoms with Crippen LogP contribution in [0.4, 0.5) is 0 Å². The third-order valence-electron chi connectivity index (χ3n) is 2.21. The molecule has 1 aromatic carbocycles. The van der Waals surface area contributed by atoms with Gasteiger partial charge in [-0.3, -0.25) is 0 Å². The summed E-state index contributed by atoms with van der Waals surface area (Å²) in [4.78, 5) is 22.4. The lowest BCUT2D eigenvalue weighted by molar-refractivity contribution is -0.146. The maximum Gasteiger partial charge on any atom is 0.333 e. The molecule has 0 fully saturated rings. The van der Waals surface area contributed by atoms with Crippen molar-refractivity contribution in [2.45, 2.75) is 6.92 Å². The van der Waals surface area contributed by atoms with Crippen molar-refractivity contribution in [1.29, 1.82) is 0 Å². The highest BCUT2D eigenvalue weighted by Gasteiger charge is 2.03. The summed E-state index contributed by atoms with van der Waals surface area (Å²) < 4.78 is 9.60. The number of esters is 2. The van der Waals surface area contributed by atoms with Crippen LogP contribution in [-0.2, 0) is 19.1 Å². The molecule has 0 aromatic heterocycles. The molecule has 0 unspecified atom stereocenters. The Labute approximate surface area is 117 Å². The van der Waals surface area contributed by atoms with Crippen LogP contribution >= 0.6 is 0 Å². The highest BCUT2D eigenvalue weighted by Crippen LogP contribution is 2.10. The zero-order valence-electron chi connectivity index (χ0n) is 11.2. The first-order chi connectivity index (χ1) is 9.49. The first-order valence-corrected chi connectivity index (χ1v) is 5.95. The molecule has 0 heterocycles. The zero-order chi connectivity index (χ0) is 15.0. The number of hydrogen-bond donors (Lipinski definition) is 1. The summed E-state index contributed by atoms with van der Waals surface area (Å²) in [7, 11) is 0. The van der Waals surface area contributed by atoms with Gasteiger partial charge in [-0.2, -0.15) is 0 Å². The van der Waals surface area contributed by atoms with E-state index >= 15 is 0 Å². The van der Waals surface area contributed by atoms with Gasteiger partial charge < -0.3 is 14.6 Å². The summed E-state index contributed by atoms with van der Waals surface area (Å²) >= 11 is 0. The van der Waals surface area contributed by atoms with Crippen LogP contribution in [-0.4, -0.2) is 30.3 Å². The lowest BCUT2D eigenvalue weighted by Gasteiger charge is -2.04. The molecule has 5 nitrogen and oxygen atoms in total. The van der Waals surface area contributed by atoms with Crippen LogP contribution in [0.1, 0.15) is 12.5 Å². The van der Waals surface area contributed by atoms with Gasteiger partial charge in [0, 0.05) is 11.6 Å². The van der Waals surface area contributed by atoms with Crippen LogP contribution in [0.15, 0.2) is 42.5 Å². The lowest BCUT2D eigenvalue weighted by Crippen LogP contribution is -2.12. The van der Waals surface area contributed by atoms with E-state index in [2.05, 4.69) is 6.58 Å². The number of benzene rings is 1. The average Bonchev–Trinajstić information content (AvgIpc) is 2.42. The van der Waals surface area contributed by atoms with Crippen molar-refractivity contribution in [2.24, 2.45) is 0 Å². The van der Waals surface area contributed by atoms with Crippen LogP contribution in [0.5, 0.6) is 5.75 Å². The van der Waals surface area contributed by atoms with Crippen LogP contribution in [0.3, 0.4) is 0 Å². The van der Waals surface area contributed by atoms with Crippen molar-refractivity contribution in [3.8, 4) is 5.75 Å². The van der Waals surface area contributed by atoms with E-state index in [1.54, 1.807) is 18.2 Å². The molecule has 0 atom stereocenters. The topological polar surface area (TPSA) is 72.8 Å². The summed E-state index contributed by atoms with van der Waals surface area (Å²) in [5.41, 5.74) is 1.05. The number of hydrogen-bond acceptors (Lipinski definition) is 5. The third kappa shape index (κ3) is 5.86. The van der Waals surface area contributed by atoms with E-state index in [1.807, 2.05) is 0 Å². The van der Waals surface area contributed by atoms with Crippen molar-refractivity contribution in [1.82, 2.24) is 0 Å². The second kappa shape index (κ2) is 7.78. The number of carbonyl (C=O) groups is 2. The Morgan fingerprint density at radius 2 is 1.80 bits per heavy atom. The number of rotatable bonds is 6. The van der Waals surface area contributed by atoms with E-state index in [-0.39, 0.29) is 19.0 Å². The van der Waals surface area contributed by atoms with Gasteiger partial charge in [-0.1, -0.05) is 18.7 Å². The molecular formula is C15H16O5. The maximum atomic E-state index is 11.3. The third-order valence-corrected chi connectivity index (χ3v) is 2.21. The van der Waals surface area contributed by atoms with Crippen molar-refractivity contribution in [3.05, 3.63) is 48.1 Å². The van der Waals surface area contributed by atoms with Gasteiger partial charge in [-0.05, 0) is 30.7 Å². The predicted octanol–water partition coefficient (Wildman–Crippen LogP) is 2.07. The van der Waals surface area contributed by atoms with E-state index in [9.17, 15) is 9.59 Å². The lowest BCUT2D eigenvalue weighted by atomic mass is 10.2. The summed E-state index contributed by atoms with van der Waals surface area (Å²) in [6.07, 6.45) is 2.81. The van der Waals surface area contributed by atoms with Crippen molar-refractivity contribution in [2.75, 3.05) is 13.2 Å². The standard InChI is InChI=1S/C15H16O5/c1-11(2)15(18)20-10-9-19-14(17)8-5-12-3-6-13(16)7-4-12/h3-8,16H,1,9-10H2,2H3/b8-5+. The fraction of sp³-hybridized carbons (Fsp3) is 0.200. The van der Waals surface area contributed by atoms with Gasteiger partial charge in [0.1, 0.15) is 19.0 Å². The Bertz CT molecular complexity index is 514. The summed E-state index contributed by atoms with van der Waals surface area (Å²) in [6.45, 7) is 4.94. The number of phenolic OH excluding ortho intramolecular Hbond substituents is 1. The second-order valence-electron chi connectivity index (χ2n) is 4.01. The minimum atomic E-state index is -0.538. The van der Waals surface area contributed by atoms with Gasteiger partial charge in [0.15, 0.2) is 0 Å². The molecule has 0 amide bonds. The van der Waals surface area contributed by atoms with E-state index < -0.39 is 11.9 Å². The predicted molar refractivity (Wildman–Crippen MR) is 73.9 cm³/mol. The summed E-state index contributed by atoms with van der Waals surface area (Å²) in [5, 5.41) is 9.10. The maximum absolute atomic E-state index is 11.3. The van der Waals surface area contributed by atoms with E-state index in [0.29, 0.717) is 5.57 Å². The molecule has 0 saturated heterocycles. The first kappa shape index (κ1) is 15.5. The molecule has 1 aromatic rings. The molecule has 0 spiro atoms. The molecule has 5 heteroatoms. The summed E-state index contributed by atoms with van der Waals surface area (Å²) in [5.74, 6) is -0.894. The molecule has 0 aliphatic rings. The Kier molecular flexibility index (Phi) is 6.03. The SMILES string of the molecule is C=C(C)C(=O)OCCOC(=O)/C=C/c1ccc(O)cc1. The average molecular weight is 276 g/mol. The van der Waals surface area contributed by atoms with E-state index in [1.165, 1.54) is 25.1 Å². The minimum absolute atomic E-state index is 0.00944. The smallest absolute Gasteiger partial charge is 0.333 e. The Hall–Kier alpha value is -2.56. The van der Waals surface area contributed by atoms with Crippen LogP contribution in [0, 0.1) is 0 Å². The molecule has 0 bridgehead atoms. The minimum Gasteiger partial charge on any atom is -0.508 e. The fourth-order valence-electron chi connectivity index (χ4n) is 1.20. The van der Waals surface area contributed by atoms with Crippen molar-refractivity contribution >= 4 is 18.0 Å². The second-order valence-corrected chi connectivity index (χ2v) is 4.01. The number of aromatic hydroxyl groups is 1. The van der Waals surface area contributed by atoms with Crippen molar-refractivity contribution in [3.63, 3.8) is 0 Å². The highest BCUT2D eigenvalue weighted by atomic mass is 16.6. The fourth-order valence-corrected chi connectivity index (χ4v) is 1.20. The first-order valence-electron chi connectivity index (χ1n) is 5.95. The zero-order valence-corrected chi connectivity index (χ0v) is 11.2. The number of ether oxygens (including phenoxy) is 2. The molecule has 0 radical (unpaired) electrons. The molecule has 0 saturated carbocycles. The Balaban J connectivity index is 2.28. The van der Waals surface area contributed by atoms with Gasteiger partial charge in [-0.25, -0.2) is 9.59 Å². The molecule has 20 heavy (non-hydrogen) atoms. The van der Waals surface area contributed by atoms with Crippen LogP contribution in [0.25, 0.3) is 6.08 Å². The number of phenols is 1. The van der Waals surface area contributed by atoms with Gasteiger partial charge >= 0.3 is 11.9 Å². The monoisotopic (exact) mass is 276 g/mol. The molecule has 1 rings (SSSR count). The molecule has 106 valence electrons.